The second kappa shape index (κ2) is 9.65. The van der Waals surface area contributed by atoms with Crippen molar-refractivity contribution in [3.8, 4) is 0 Å². The normalized spacial score (nSPS) is 23.0. The quantitative estimate of drug-likeness (QED) is 0.762. The van der Waals surface area contributed by atoms with Gasteiger partial charge in [0, 0.05) is 50.7 Å². The Morgan fingerprint density at radius 3 is 2.78 bits per heavy atom. The maximum Gasteiger partial charge on any atom is 0.234 e. The minimum atomic E-state index is 0.200. The van der Waals surface area contributed by atoms with Gasteiger partial charge >= 0.3 is 0 Å². The molecule has 1 aliphatic heterocycles. The first-order valence-electron chi connectivity index (χ1n) is 10.7. The molecule has 2 atom stereocenters. The van der Waals surface area contributed by atoms with Gasteiger partial charge in [-0.1, -0.05) is 32.8 Å². The second-order valence-corrected chi connectivity index (χ2v) is 8.57. The lowest BCUT2D eigenvalue weighted by molar-refractivity contribution is -0.124. The summed E-state index contributed by atoms with van der Waals surface area (Å²) in [4.78, 5) is 21.8. The fourth-order valence-corrected chi connectivity index (χ4v) is 4.10. The maximum absolute atomic E-state index is 12.4. The van der Waals surface area contributed by atoms with Gasteiger partial charge in [0.15, 0.2) is 0 Å². The Labute approximate surface area is 164 Å². The topological polar surface area (TPSA) is 48.5 Å². The lowest BCUT2D eigenvalue weighted by atomic mass is 9.85. The Morgan fingerprint density at radius 2 is 2.15 bits per heavy atom. The van der Waals surface area contributed by atoms with Crippen LogP contribution in [0.2, 0.25) is 0 Å². The highest BCUT2D eigenvalue weighted by Gasteiger charge is 2.31. The van der Waals surface area contributed by atoms with Crippen molar-refractivity contribution in [2.24, 2.45) is 11.8 Å². The molecule has 5 nitrogen and oxygen atoms in total. The number of nitrogens with zero attached hydrogens (tertiary/aromatic N) is 3. The van der Waals surface area contributed by atoms with Crippen LogP contribution in [-0.4, -0.2) is 59.5 Å². The highest BCUT2D eigenvalue weighted by atomic mass is 16.2. The SMILES string of the molecule is CC[C@@H](C)[C@@H]1CN(Cc2ccc(C)nc2)CCN1CC(=O)NCC1CCC1. The Hall–Kier alpha value is -1.46. The van der Waals surface area contributed by atoms with Gasteiger partial charge in [-0.15, -0.1) is 0 Å². The van der Waals surface area contributed by atoms with Crippen molar-refractivity contribution in [2.75, 3.05) is 32.7 Å². The first kappa shape index (κ1) is 20.3. The highest BCUT2D eigenvalue weighted by Crippen LogP contribution is 2.25. The van der Waals surface area contributed by atoms with E-state index in [0.29, 0.717) is 18.5 Å². The van der Waals surface area contributed by atoms with Crippen LogP contribution < -0.4 is 5.32 Å². The van der Waals surface area contributed by atoms with Gasteiger partial charge in [0.1, 0.15) is 0 Å². The van der Waals surface area contributed by atoms with E-state index in [2.05, 4.69) is 46.1 Å². The van der Waals surface area contributed by atoms with Crippen molar-refractivity contribution >= 4 is 5.91 Å². The molecule has 5 heteroatoms. The molecule has 1 saturated heterocycles. The van der Waals surface area contributed by atoms with Gasteiger partial charge in [-0.25, -0.2) is 0 Å². The van der Waals surface area contributed by atoms with E-state index in [-0.39, 0.29) is 5.91 Å². The fourth-order valence-electron chi connectivity index (χ4n) is 4.10. The molecule has 2 heterocycles. The zero-order valence-corrected chi connectivity index (χ0v) is 17.3. The van der Waals surface area contributed by atoms with E-state index in [1.54, 1.807) is 0 Å². The third-order valence-corrected chi connectivity index (χ3v) is 6.46. The molecule has 1 aromatic heterocycles. The van der Waals surface area contributed by atoms with E-state index in [0.717, 1.165) is 50.8 Å². The molecule has 3 rings (SSSR count). The average molecular weight is 373 g/mol. The summed E-state index contributed by atoms with van der Waals surface area (Å²) in [5, 5.41) is 3.16. The van der Waals surface area contributed by atoms with Gasteiger partial charge in [0.25, 0.3) is 0 Å². The van der Waals surface area contributed by atoms with Crippen LogP contribution in [0.5, 0.6) is 0 Å². The van der Waals surface area contributed by atoms with Gasteiger partial charge in [0.2, 0.25) is 5.91 Å². The number of hydrogen-bond acceptors (Lipinski definition) is 4. The third kappa shape index (κ3) is 5.76. The van der Waals surface area contributed by atoms with Crippen LogP contribution in [0.1, 0.15) is 50.8 Å². The molecule has 1 N–H and O–H groups in total. The number of aromatic nitrogens is 1. The highest BCUT2D eigenvalue weighted by molar-refractivity contribution is 5.78. The number of carbonyl (C=O) groups is 1. The van der Waals surface area contributed by atoms with E-state index in [1.165, 1.54) is 24.8 Å². The monoisotopic (exact) mass is 372 g/mol. The first-order valence-corrected chi connectivity index (χ1v) is 10.7. The van der Waals surface area contributed by atoms with Crippen molar-refractivity contribution in [3.05, 3.63) is 29.6 Å². The summed E-state index contributed by atoms with van der Waals surface area (Å²) in [7, 11) is 0. The summed E-state index contributed by atoms with van der Waals surface area (Å²) in [5.41, 5.74) is 2.34. The third-order valence-electron chi connectivity index (χ3n) is 6.46. The van der Waals surface area contributed by atoms with Gasteiger partial charge in [0.05, 0.1) is 6.54 Å². The molecule has 0 spiro atoms. The summed E-state index contributed by atoms with van der Waals surface area (Å²) in [5.74, 6) is 1.51. The van der Waals surface area contributed by atoms with Crippen molar-refractivity contribution < 1.29 is 4.79 Å². The minimum absolute atomic E-state index is 0.200. The molecule has 1 saturated carbocycles. The zero-order valence-electron chi connectivity index (χ0n) is 17.3. The van der Waals surface area contributed by atoms with Gasteiger partial charge in [-0.3, -0.25) is 19.6 Å². The molecular weight excluding hydrogens is 336 g/mol. The molecular formula is C22H36N4O. The smallest absolute Gasteiger partial charge is 0.234 e. The number of aryl methyl sites for hydroxylation is 1. The Kier molecular flexibility index (Phi) is 7.25. The Morgan fingerprint density at radius 1 is 1.33 bits per heavy atom. The van der Waals surface area contributed by atoms with Gasteiger partial charge in [-0.05, 0) is 43.2 Å². The van der Waals surface area contributed by atoms with Crippen molar-refractivity contribution in [2.45, 2.75) is 59.0 Å². The van der Waals surface area contributed by atoms with Gasteiger partial charge < -0.3 is 5.32 Å². The van der Waals surface area contributed by atoms with E-state index in [9.17, 15) is 4.79 Å². The number of piperazine rings is 1. The molecule has 0 unspecified atom stereocenters. The van der Waals surface area contributed by atoms with E-state index in [4.69, 9.17) is 0 Å². The number of carbonyl (C=O) groups excluding carboxylic acids is 1. The summed E-state index contributed by atoms with van der Waals surface area (Å²) < 4.78 is 0. The summed E-state index contributed by atoms with van der Waals surface area (Å²) in [6.45, 7) is 12.0. The molecule has 150 valence electrons. The van der Waals surface area contributed by atoms with Crippen LogP contribution in [0.25, 0.3) is 0 Å². The molecule has 2 fully saturated rings. The molecule has 2 aliphatic rings. The summed E-state index contributed by atoms with van der Waals surface area (Å²) >= 11 is 0. The van der Waals surface area contributed by atoms with Crippen LogP contribution >= 0.6 is 0 Å². The van der Waals surface area contributed by atoms with Crippen LogP contribution in [0, 0.1) is 18.8 Å². The Bertz CT molecular complexity index is 599. The van der Waals surface area contributed by atoms with Crippen LogP contribution in [0.4, 0.5) is 0 Å². The molecule has 1 aliphatic carbocycles. The van der Waals surface area contributed by atoms with E-state index >= 15 is 0 Å². The Balaban J connectivity index is 1.53. The van der Waals surface area contributed by atoms with Crippen LogP contribution in [-0.2, 0) is 11.3 Å². The van der Waals surface area contributed by atoms with Gasteiger partial charge in [-0.2, -0.15) is 0 Å². The number of hydrogen-bond donors (Lipinski definition) is 1. The van der Waals surface area contributed by atoms with Crippen molar-refractivity contribution in [1.29, 1.82) is 0 Å². The maximum atomic E-state index is 12.4. The molecule has 1 amide bonds. The standard InChI is InChI=1S/C22H36N4O/c1-4-17(2)21-15-25(14-20-9-8-18(3)23-13-20)10-11-26(21)16-22(27)24-12-19-6-5-7-19/h8-9,13,17,19,21H,4-7,10-12,14-16H2,1-3H3,(H,24,27)/t17-,21+/m1/s1. The number of pyridine rings is 1. The van der Waals surface area contributed by atoms with Crippen molar-refractivity contribution in [1.82, 2.24) is 20.1 Å². The number of nitrogens with one attached hydrogen (secondary N) is 1. The van der Waals surface area contributed by atoms with Crippen LogP contribution in [0.3, 0.4) is 0 Å². The van der Waals surface area contributed by atoms with E-state index < -0.39 is 0 Å². The minimum Gasteiger partial charge on any atom is -0.355 e. The molecule has 0 radical (unpaired) electrons. The molecule has 0 bridgehead atoms. The lowest BCUT2D eigenvalue weighted by Gasteiger charge is -2.43. The van der Waals surface area contributed by atoms with E-state index in [1.807, 2.05) is 13.1 Å². The zero-order chi connectivity index (χ0) is 19.2. The van der Waals surface area contributed by atoms with Crippen LogP contribution in [0.15, 0.2) is 18.3 Å². The molecule has 1 aromatic rings. The second-order valence-electron chi connectivity index (χ2n) is 8.57. The predicted molar refractivity (Wildman–Crippen MR) is 109 cm³/mol. The fraction of sp³-hybridized carbons (Fsp3) is 0.727. The molecule has 27 heavy (non-hydrogen) atoms. The number of amides is 1. The molecule has 0 aromatic carbocycles. The van der Waals surface area contributed by atoms with Crippen molar-refractivity contribution in [3.63, 3.8) is 0 Å². The summed E-state index contributed by atoms with van der Waals surface area (Å²) in [6.07, 6.45) is 7.03. The first-order chi connectivity index (χ1) is 13.0. The predicted octanol–water partition coefficient (Wildman–Crippen LogP) is 2.84. The largest absolute Gasteiger partial charge is 0.355 e. The number of rotatable bonds is 8. The lowest BCUT2D eigenvalue weighted by Crippen LogP contribution is -2.57. The summed E-state index contributed by atoms with van der Waals surface area (Å²) in [6, 6.07) is 4.71. The average Bonchev–Trinajstić information content (AvgIpc) is 2.63.